The van der Waals surface area contributed by atoms with E-state index in [9.17, 15) is 18.0 Å². The van der Waals surface area contributed by atoms with Gasteiger partial charge in [0.1, 0.15) is 11.6 Å². The Balaban J connectivity index is 3.06. The summed E-state index contributed by atoms with van der Waals surface area (Å²) in [5.74, 6) is -0.755. The highest BCUT2D eigenvalue weighted by Crippen LogP contribution is 2.33. The molecule has 20 heavy (non-hydrogen) atoms. The maximum atomic E-state index is 12.8. The van der Waals surface area contributed by atoms with E-state index in [2.05, 4.69) is 0 Å². The minimum absolute atomic E-state index is 0.0807. The lowest BCUT2D eigenvalue weighted by Crippen LogP contribution is -2.31. The first-order valence-electron chi connectivity index (χ1n) is 6.08. The predicted octanol–water partition coefficient (Wildman–Crippen LogP) is 3.36. The number of nitrogens with two attached hydrogens (primary N) is 1. The van der Waals surface area contributed by atoms with E-state index in [0.717, 1.165) is 6.07 Å². The van der Waals surface area contributed by atoms with Crippen LogP contribution in [0.25, 0.3) is 0 Å². The first-order chi connectivity index (χ1) is 8.92. The molecule has 0 fully saturated rings. The van der Waals surface area contributed by atoms with Crippen molar-refractivity contribution in [2.75, 3.05) is 0 Å². The Bertz CT molecular complexity index is 504. The Morgan fingerprint density at radius 1 is 1.25 bits per heavy atom. The summed E-state index contributed by atoms with van der Waals surface area (Å²) in [7, 11) is 0. The highest BCUT2D eigenvalue weighted by atomic mass is 19.4. The monoisotopic (exact) mass is 289 g/mol. The normalized spacial score (nSPS) is 14.0. The first kappa shape index (κ1) is 16.5. The van der Waals surface area contributed by atoms with Crippen LogP contribution in [0.2, 0.25) is 0 Å². The number of rotatable bonds is 2. The molecule has 0 aliphatic heterocycles. The number of ether oxygens (including phenoxy) is 1. The van der Waals surface area contributed by atoms with Crippen molar-refractivity contribution in [2.45, 2.75) is 45.5 Å². The number of carbonyl (C=O) groups excluding carboxylic acids is 1. The van der Waals surface area contributed by atoms with Crippen molar-refractivity contribution < 1.29 is 22.7 Å². The van der Waals surface area contributed by atoms with Gasteiger partial charge in [-0.1, -0.05) is 12.1 Å². The van der Waals surface area contributed by atoms with Gasteiger partial charge in [0.25, 0.3) is 0 Å². The molecule has 0 aromatic heterocycles. The lowest BCUT2D eigenvalue weighted by molar-refractivity contribution is -0.156. The van der Waals surface area contributed by atoms with Crippen molar-refractivity contribution >= 4 is 5.97 Å². The van der Waals surface area contributed by atoms with E-state index < -0.39 is 29.4 Å². The summed E-state index contributed by atoms with van der Waals surface area (Å²) in [6.45, 7) is 6.33. The molecule has 3 nitrogen and oxygen atoms in total. The summed E-state index contributed by atoms with van der Waals surface area (Å²) < 4.78 is 43.5. The number of alkyl halides is 3. The maximum absolute atomic E-state index is 12.8. The van der Waals surface area contributed by atoms with Crippen LogP contribution in [-0.4, -0.2) is 11.6 Å². The number of esters is 1. The van der Waals surface area contributed by atoms with Crippen molar-refractivity contribution in [3.8, 4) is 0 Å². The topological polar surface area (TPSA) is 52.3 Å². The van der Waals surface area contributed by atoms with Crippen molar-refractivity contribution in [2.24, 2.45) is 5.73 Å². The number of halogens is 3. The minimum atomic E-state index is -4.48. The van der Waals surface area contributed by atoms with Gasteiger partial charge >= 0.3 is 12.1 Å². The fourth-order valence-electron chi connectivity index (χ4n) is 1.64. The summed E-state index contributed by atoms with van der Waals surface area (Å²) in [5.41, 5.74) is 4.29. The van der Waals surface area contributed by atoms with Crippen LogP contribution in [-0.2, 0) is 15.7 Å². The Morgan fingerprint density at radius 3 is 2.25 bits per heavy atom. The third kappa shape index (κ3) is 4.23. The number of hydrogen-bond acceptors (Lipinski definition) is 3. The average molecular weight is 289 g/mol. The second-order valence-corrected chi connectivity index (χ2v) is 5.58. The Morgan fingerprint density at radius 2 is 1.80 bits per heavy atom. The summed E-state index contributed by atoms with van der Waals surface area (Å²) in [6.07, 6.45) is -4.48. The second-order valence-electron chi connectivity index (χ2n) is 5.58. The van der Waals surface area contributed by atoms with Gasteiger partial charge in [-0.2, -0.15) is 13.2 Å². The zero-order chi connectivity index (χ0) is 15.7. The molecule has 112 valence electrons. The van der Waals surface area contributed by atoms with Gasteiger partial charge in [0.15, 0.2) is 0 Å². The van der Waals surface area contributed by atoms with Crippen LogP contribution < -0.4 is 5.73 Å². The van der Waals surface area contributed by atoms with E-state index in [1.54, 1.807) is 20.8 Å². The van der Waals surface area contributed by atoms with Crippen LogP contribution >= 0.6 is 0 Å². The molecule has 0 saturated heterocycles. The Kier molecular flexibility index (Phi) is 4.49. The SMILES string of the molecule is Cc1ccc(C(N)C(=O)OC(C)(C)C)cc1C(F)(F)F. The maximum Gasteiger partial charge on any atom is 0.416 e. The van der Waals surface area contributed by atoms with E-state index >= 15 is 0 Å². The standard InChI is InChI=1S/C14H18F3NO2/c1-8-5-6-9(7-10(8)14(15,16)17)11(18)12(19)20-13(2,3)4/h5-7,11H,18H2,1-4H3. The molecule has 6 heteroatoms. The quantitative estimate of drug-likeness (QED) is 0.849. The van der Waals surface area contributed by atoms with Crippen LogP contribution in [0.5, 0.6) is 0 Å². The molecule has 2 N–H and O–H groups in total. The molecule has 0 spiro atoms. The van der Waals surface area contributed by atoms with Crippen LogP contribution in [0, 0.1) is 6.92 Å². The molecule has 1 aromatic carbocycles. The van der Waals surface area contributed by atoms with Crippen molar-refractivity contribution in [3.05, 3.63) is 34.9 Å². The summed E-state index contributed by atoms with van der Waals surface area (Å²) in [4.78, 5) is 11.8. The third-order valence-corrected chi connectivity index (χ3v) is 2.59. The third-order valence-electron chi connectivity index (χ3n) is 2.59. The number of aryl methyl sites for hydroxylation is 1. The number of benzene rings is 1. The molecule has 0 heterocycles. The van der Waals surface area contributed by atoms with Gasteiger partial charge in [-0.15, -0.1) is 0 Å². The second kappa shape index (κ2) is 5.44. The molecule has 0 radical (unpaired) electrons. The van der Waals surface area contributed by atoms with Gasteiger partial charge in [0, 0.05) is 0 Å². The Hall–Kier alpha value is -1.56. The smallest absolute Gasteiger partial charge is 0.416 e. The van der Waals surface area contributed by atoms with Crippen molar-refractivity contribution in [1.29, 1.82) is 0 Å². The van der Waals surface area contributed by atoms with Gasteiger partial charge in [-0.25, -0.2) is 4.79 Å². The van der Waals surface area contributed by atoms with Crippen molar-refractivity contribution in [1.82, 2.24) is 0 Å². The molecule has 1 atom stereocenters. The van der Waals surface area contributed by atoms with Gasteiger partial charge in [-0.3, -0.25) is 0 Å². The minimum Gasteiger partial charge on any atom is -0.459 e. The fourth-order valence-corrected chi connectivity index (χ4v) is 1.64. The molecular formula is C14H18F3NO2. The zero-order valence-corrected chi connectivity index (χ0v) is 11.8. The molecule has 0 bridgehead atoms. The number of hydrogen-bond donors (Lipinski definition) is 1. The predicted molar refractivity (Wildman–Crippen MR) is 69.0 cm³/mol. The first-order valence-corrected chi connectivity index (χ1v) is 6.08. The van der Waals surface area contributed by atoms with Crippen LogP contribution in [0.1, 0.15) is 43.5 Å². The van der Waals surface area contributed by atoms with Gasteiger partial charge < -0.3 is 10.5 Å². The lowest BCUT2D eigenvalue weighted by Gasteiger charge is -2.23. The van der Waals surface area contributed by atoms with Crippen LogP contribution in [0.4, 0.5) is 13.2 Å². The van der Waals surface area contributed by atoms with Gasteiger partial charge in [0.2, 0.25) is 0 Å². The summed E-state index contributed by atoms with van der Waals surface area (Å²) >= 11 is 0. The molecule has 1 unspecified atom stereocenters. The van der Waals surface area contributed by atoms with E-state index in [1.165, 1.54) is 19.1 Å². The molecule has 0 aliphatic rings. The fraction of sp³-hybridized carbons (Fsp3) is 0.500. The van der Waals surface area contributed by atoms with Gasteiger partial charge in [0.05, 0.1) is 5.56 Å². The van der Waals surface area contributed by atoms with Crippen LogP contribution in [0.15, 0.2) is 18.2 Å². The zero-order valence-electron chi connectivity index (χ0n) is 11.8. The average Bonchev–Trinajstić information content (AvgIpc) is 2.24. The highest BCUT2D eigenvalue weighted by Gasteiger charge is 2.33. The Labute approximate surface area is 115 Å². The lowest BCUT2D eigenvalue weighted by atomic mass is 10.00. The molecule has 1 rings (SSSR count). The largest absolute Gasteiger partial charge is 0.459 e. The molecular weight excluding hydrogens is 271 g/mol. The van der Waals surface area contributed by atoms with E-state index in [-0.39, 0.29) is 11.1 Å². The molecule has 0 saturated carbocycles. The van der Waals surface area contributed by atoms with Gasteiger partial charge in [-0.05, 0) is 44.9 Å². The summed E-state index contributed by atoms with van der Waals surface area (Å²) in [6, 6.07) is 2.35. The van der Waals surface area contributed by atoms with Crippen molar-refractivity contribution in [3.63, 3.8) is 0 Å². The van der Waals surface area contributed by atoms with E-state index in [1.807, 2.05) is 0 Å². The van der Waals surface area contributed by atoms with Crippen LogP contribution in [0.3, 0.4) is 0 Å². The summed E-state index contributed by atoms with van der Waals surface area (Å²) in [5, 5.41) is 0. The molecule has 0 amide bonds. The van der Waals surface area contributed by atoms with E-state index in [0.29, 0.717) is 0 Å². The number of carbonyl (C=O) groups is 1. The van der Waals surface area contributed by atoms with E-state index in [4.69, 9.17) is 10.5 Å². The molecule has 0 aliphatic carbocycles. The highest BCUT2D eigenvalue weighted by molar-refractivity contribution is 5.77. The molecule has 1 aromatic rings.